The fourth-order valence-electron chi connectivity index (χ4n) is 3.81. The average molecular weight is 423 g/mol. The van der Waals surface area contributed by atoms with Gasteiger partial charge in [-0.15, -0.1) is 0 Å². The quantitative estimate of drug-likeness (QED) is 0.230. The zero-order valence-electron chi connectivity index (χ0n) is 17.5. The lowest BCUT2D eigenvalue weighted by atomic mass is 9.95. The summed E-state index contributed by atoms with van der Waals surface area (Å²) in [6, 6.07) is 13.4. The average Bonchev–Trinajstić information content (AvgIpc) is 3.05. The highest BCUT2D eigenvalue weighted by Gasteiger charge is 2.46. The Hall–Kier alpha value is -3.52. The number of hydrogen-bond donors (Lipinski definition) is 1. The van der Waals surface area contributed by atoms with Crippen molar-refractivity contribution in [1.82, 2.24) is 9.80 Å². The molecule has 2 aromatic rings. The van der Waals surface area contributed by atoms with E-state index in [2.05, 4.69) is 4.90 Å². The van der Waals surface area contributed by atoms with Gasteiger partial charge in [0.1, 0.15) is 5.76 Å². The number of benzene rings is 2. The first kappa shape index (κ1) is 22.2. The van der Waals surface area contributed by atoms with Gasteiger partial charge in [-0.3, -0.25) is 19.7 Å². The first-order valence-corrected chi connectivity index (χ1v) is 10.2. The van der Waals surface area contributed by atoms with E-state index >= 15 is 0 Å². The monoisotopic (exact) mass is 423 g/mol. The molecule has 1 aliphatic heterocycles. The number of rotatable bonds is 8. The van der Waals surface area contributed by atoms with E-state index < -0.39 is 22.7 Å². The highest BCUT2D eigenvalue weighted by Crippen LogP contribution is 2.40. The number of likely N-dealkylation sites (N-methyl/N-ethyl adjacent to an activating group) is 1. The van der Waals surface area contributed by atoms with Crippen molar-refractivity contribution in [2.75, 3.05) is 26.2 Å². The van der Waals surface area contributed by atoms with Crippen LogP contribution < -0.4 is 0 Å². The van der Waals surface area contributed by atoms with E-state index in [9.17, 15) is 24.8 Å². The van der Waals surface area contributed by atoms with Crippen LogP contribution in [0.3, 0.4) is 0 Å². The van der Waals surface area contributed by atoms with Crippen molar-refractivity contribution in [3.63, 3.8) is 0 Å². The summed E-state index contributed by atoms with van der Waals surface area (Å²) in [7, 11) is 0. The molecular weight excluding hydrogens is 398 g/mol. The van der Waals surface area contributed by atoms with Crippen LogP contribution in [-0.4, -0.2) is 57.7 Å². The normalized spacial score (nSPS) is 18.0. The Balaban J connectivity index is 2.13. The van der Waals surface area contributed by atoms with E-state index in [1.54, 1.807) is 36.4 Å². The van der Waals surface area contributed by atoms with Crippen molar-refractivity contribution in [1.29, 1.82) is 0 Å². The molecule has 0 aromatic heterocycles. The molecule has 1 aliphatic rings. The van der Waals surface area contributed by atoms with Gasteiger partial charge in [0.15, 0.2) is 0 Å². The van der Waals surface area contributed by atoms with Gasteiger partial charge in [0.2, 0.25) is 0 Å². The standard InChI is InChI=1S/C23H25N3O5/c1-3-24(4-2)13-14-25-20(17-11-8-12-18(15-17)26(30)31)19(22(28)23(25)29)21(27)16-9-6-5-7-10-16/h5-12,15,20,27H,3-4,13-14H2,1-2H3/b21-19-. The van der Waals surface area contributed by atoms with Crippen LogP contribution in [0.4, 0.5) is 5.69 Å². The van der Waals surface area contributed by atoms with Crippen LogP contribution in [0.15, 0.2) is 60.2 Å². The maximum Gasteiger partial charge on any atom is 0.295 e. The molecule has 0 radical (unpaired) electrons. The third-order valence-corrected chi connectivity index (χ3v) is 5.54. The molecule has 1 amide bonds. The number of aliphatic hydroxyl groups is 1. The fraction of sp³-hybridized carbons (Fsp3) is 0.304. The zero-order chi connectivity index (χ0) is 22.5. The Bertz CT molecular complexity index is 1010. The minimum atomic E-state index is -0.907. The zero-order valence-corrected chi connectivity index (χ0v) is 17.5. The largest absolute Gasteiger partial charge is 0.507 e. The van der Waals surface area contributed by atoms with Gasteiger partial charge in [-0.25, -0.2) is 0 Å². The number of Topliss-reactive ketones (excluding diaryl/α,β-unsaturated/α-hetero) is 1. The maximum absolute atomic E-state index is 13.0. The van der Waals surface area contributed by atoms with Crippen LogP contribution in [0.1, 0.15) is 31.0 Å². The number of non-ortho nitro benzene ring substituents is 1. The maximum atomic E-state index is 13.0. The third kappa shape index (κ3) is 4.49. The molecule has 1 heterocycles. The molecule has 1 unspecified atom stereocenters. The summed E-state index contributed by atoms with van der Waals surface area (Å²) < 4.78 is 0. The van der Waals surface area contributed by atoms with E-state index in [1.165, 1.54) is 23.1 Å². The first-order valence-electron chi connectivity index (χ1n) is 10.2. The number of aliphatic hydroxyl groups excluding tert-OH is 1. The van der Waals surface area contributed by atoms with Crippen molar-refractivity contribution in [2.24, 2.45) is 0 Å². The summed E-state index contributed by atoms with van der Waals surface area (Å²) in [5.41, 5.74) is 0.605. The molecule has 2 aromatic carbocycles. The molecule has 1 saturated heterocycles. The van der Waals surface area contributed by atoms with E-state index in [4.69, 9.17) is 0 Å². The summed E-state index contributed by atoms with van der Waals surface area (Å²) in [6.07, 6.45) is 0. The molecule has 3 rings (SSSR count). The molecule has 0 saturated carbocycles. The molecule has 31 heavy (non-hydrogen) atoms. The second kappa shape index (κ2) is 9.53. The smallest absolute Gasteiger partial charge is 0.295 e. The van der Waals surface area contributed by atoms with Crippen LogP contribution in [0, 0.1) is 10.1 Å². The van der Waals surface area contributed by atoms with Crippen LogP contribution in [-0.2, 0) is 9.59 Å². The van der Waals surface area contributed by atoms with Crippen molar-refractivity contribution < 1.29 is 19.6 Å². The van der Waals surface area contributed by atoms with Gasteiger partial charge in [-0.1, -0.05) is 56.3 Å². The molecule has 1 atom stereocenters. The molecule has 0 aliphatic carbocycles. The van der Waals surface area contributed by atoms with Gasteiger partial charge >= 0.3 is 0 Å². The lowest BCUT2D eigenvalue weighted by Crippen LogP contribution is -2.38. The lowest BCUT2D eigenvalue weighted by Gasteiger charge is -2.28. The summed E-state index contributed by atoms with van der Waals surface area (Å²) >= 11 is 0. The van der Waals surface area contributed by atoms with Crippen LogP contribution >= 0.6 is 0 Å². The number of ketones is 1. The Kier molecular flexibility index (Phi) is 6.81. The molecule has 1 N–H and O–H groups in total. The van der Waals surface area contributed by atoms with Gasteiger partial charge in [0.25, 0.3) is 17.4 Å². The molecule has 0 spiro atoms. The van der Waals surface area contributed by atoms with Gasteiger partial charge < -0.3 is 14.9 Å². The predicted octanol–water partition coefficient (Wildman–Crippen LogP) is 3.36. The topological polar surface area (TPSA) is 104 Å². The van der Waals surface area contributed by atoms with Gasteiger partial charge in [0, 0.05) is 30.8 Å². The summed E-state index contributed by atoms with van der Waals surface area (Å²) in [6.45, 7) is 6.37. The number of carbonyl (C=O) groups is 2. The molecule has 8 nitrogen and oxygen atoms in total. The number of hydrogen-bond acceptors (Lipinski definition) is 6. The van der Waals surface area contributed by atoms with Crippen LogP contribution in [0.25, 0.3) is 5.76 Å². The first-order chi connectivity index (χ1) is 14.9. The van der Waals surface area contributed by atoms with Gasteiger partial charge in [-0.2, -0.15) is 0 Å². The fourth-order valence-corrected chi connectivity index (χ4v) is 3.81. The summed E-state index contributed by atoms with van der Waals surface area (Å²) in [4.78, 5) is 40.2. The third-order valence-electron chi connectivity index (χ3n) is 5.54. The summed E-state index contributed by atoms with van der Waals surface area (Å²) in [5.74, 6) is -1.81. The van der Waals surface area contributed by atoms with Gasteiger partial charge in [0.05, 0.1) is 16.5 Å². The minimum absolute atomic E-state index is 0.0590. The lowest BCUT2D eigenvalue weighted by molar-refractivity contribution is -0.384. The number of carbonyl (C=O) groups excluding carboxylic acids is 2. The molecular formula is C23H25N3O5. The summed E-state index contributed by atoms with van der Waals surface area (Å²) in [5, 5.41) is 22.2. The highest BCUT2D eigenvalue weighted by atomic mass is 16.6. The number of nitrogens with zero attached hydrogens (tertiary/aromatic N) is 3. The second-order valence-corrected chi connectivity index (χ2v) is 7.24. The Morgan fingerprint density at radius 1 is 1.10 bits per heavy atom. The molecule has 162 valence electrons. The van der Waals surface area contributed by atoms with Crippen molar-refractivity contribution in [2.45, 2.75) is 19.9 Å². The van der Waals surface area contributed by atoms with Crippen molar-refractivity contribution in [3.8, 4) is 0 Å². The number of amides is 1. The number of nitro benzene ring substituents is 1. The van der Waals surface area contributed by atoms with Crippen LogP contribution in [0.2, 0.25) is 0 Å². The predicted molar refractivity (Wildman–Crippen MR) is 116 cm³/mol. The minimum Gasteiger partial charge on any atom is -0.507 e. The molecule has 8 heteroatoms. The molecule has 0 bridgehead atoms. The Morgan fingerprint density at radius 2 is 1.77 bits per heavy atom. The van der Waals surface area contributed by atoms with Gasteiger partial charge in [-0.05, 0) is 18.7 Å². The number of nitro groups is 1. The highest BCUT2D eigenvalue weighted by molar-refractivity contribution is 6.46. The Morgan fingerprint density at radius 3 is 2.39 bits per heavy atom. The SMILES string of the molecule is CCN(CC)CCN1C(=O)C(=O)/C(=C(\O)c2ccccc2)C1c1cccc([N+](=O)[O-])c1. The van der Waals surface area contributed by atoms with Crippen molar-refractivity contribution >= 4 is 23.1 Å². The van der Waals surface area contributed by atoms with Crippen molar-refractivity contribution in [3.05, 3.63) is 81.4 Å². The molecule has 1 fully saturated rings. The second-order valence-electron chi connectivity index (χ2n) is 7.24. The van der Waals surface area contributed by atoms with Crippen LogP contribution in [0.5, 0.6) is 0 Å². The van der Waals surface area contributed by atoms with E-state index in [0.717, 1.165) is 13.1 Å². The van der Waals surface area contributed by atoms with E-state index in [0.29, 0.717) is 17.7 Å². The van der Waals surface area contributed by atoms with E-state index in [1.807, 2.05) is 13.8 Å². The van der Waals surface area contributed by atoms with E-state index in [-0.39, 0.29) is 23.6 Å². The number of likely N-dealkylation sites (tertiary alicyclic amines) is 1. The Labute approximate surface area is 180 Å².